The van der Waals surface area contributed by atoms with Crippen LogP contribution in [0.3, 0.4) is 0 Å². The Morgan fingerprint density at radius 2 is 1.52 bits per heavy atom. The second kappa shape index (κ2) is 8.99. The number of benzene rings is 1. The lowest BCUT2D eigenvalue weighted by Crippen LogP contribution is -2.39. The Kier molecular flexibility index (Phi) is 5.99. The minimum atomic E-state index is -0.405. The zero-order valence-electron chi connectivity index (χ0n) is 16.1. The summed E-state index contributed by atoms with van der Waals surface area (Å²) in [6.45, 7) is 4.43. The zero-order chi connectivity index (χ0) is 20.1. The Balaban J connectivity index is 1.52. The number of piperidine rings is 1. The number of hydrogen-bond acceptors (Lipinski definition) is 8. The molecule has 10 heteroatoms. The third-order valence-corrected chi connectivity index (χ3v) is 4.94. The van der Waals surface area contributed by atoms with Crippen molar-refractivity contribution < 1.29 is 13.9 Å². The second-order valence-electron chi connectivity index (χ2n) is 6.99. The molecule has 0 saturated carbocycles. The predicted octanol–water partition coefficient (Wildman–Crippen LogP) is 1.59. The number of carbonyl (C=O) groups excluding carboxylic acids is 1. The van der Waals surface area contributed by atoms with Crippen LogP contribution < -0.4 is 20.7 Å². The van der Waals surface area contributed by atoms with Gasteiger partial charge in [-0.25, -0.2) is 4.39 Å². The predicted molar refractivity (Wildman–Crippen MR) is 106 cm³/mol. The number of nitrogens with one attached hydrogen (secondary N) is 2. The van der Waals surface area contributed by atoms with E-state index in [1.165, 1.54) is 30.7 Å². The molecule has 0 aliphatic carbocycles. The molecular weight excluding hydrogens is 377 g/mol. The van der Waals surface area contributed by atoms with Gasteiger partial charge in [0, 0.05) is 31.7 Å². The quantitative estimate of drug-likeness (QED) is 0.730. The van der Waals surface area contributed by atoms with Crippen molar-refractivity contribution >= 4 is 23.8 Å². The van der Waals surface area contributed by atoms with E-state index < -0.39 is 11.7 Å². The van der Waals surface area contributed by atoms with E-state index in [0.29, 0.717) is 43.8 Å². The molecule has 1 aromatic carbocycles. The molecule has 0 radical (unpaired) electrons. The Morgan fingerprint density at radius 1 is 0.897 bits per heavy atom. The third-order valence-electron chi connectivity index (χ3n) is 4.94. The molecule has 3 heterocycles. The van der Waals surface area contributed by atoms with E-state index >= 15 is 0 Å². The number of amides is 1. The molecule has 1 amide bonds. The van der Waals surface area contributed by atoms with E-state index in [9.17, 15) is 9.18 Å². The van der Waals surface area contributed by atoms with Gasteiger partial charge in [0.25, 0.3) is 5.91 Å². The first-order chi connectivity index (χ1) is 14.2. The first kappa shape index (κ1) is 19.3. The average Bonchev–Trinajstić information content (AvgIpc) is 2.79. The van der Waals surface area contributed by atoms with Crippen molar-refractivity contribution in [3.8, 4) is 0 Å². The average molecular weight is 401 g/mol. The SMILES string of the molecule is O=C(NNc1nc(N2CCCCC2)nc(N2CCOCC2)n1)c1ccc(F)cc1. The van der Waals surface area contributed by atoms with Gasteiger partial charge < -0.3 is 14.5 Å². The van der Waals surface area contributed by atoms with Crippen LogP contribution in [0.2, 0.25) is 0 Å². The molecule has 2 saturated heterocycles. The lowest BCUT2D eigenvalue weighted by atomic mass is 10.1. The molecule has 29 heavy (non-hydrogen) atoms. The van der Waals surface area contributed by atoms with E-state index in [0.717, 1.165) is 25.9 Å². The molecule has 9 nitrogen and oxygen atoms in total. The van der Waals surface area contributed by atoms with E-state index in [4.69, 9.17) is 4.74 Å². The molecule has 1 aromatic heterocycles. The van der Waals surface area contributed by atoms with Gasteiger partial charge in [0.2, 0.25) is 17.8 Å². The fraction of sp³-hybridized carbons (Fsp3) is 0.474. The van der Waals surface area contributed by atoms with Gasteiger partial charge in [-0.1, -0.05) is 0 Å². The topological polar surface area (TPSA) is 95.5 Å². The molecule has 0 unspecified atom stereocenters. The molecule has 0 bridgehead atoms. The summed E-state index contributed by atoms with van der Waals surface area (Å²) in [4.78, 5) is 30.1. The maximum atomic E-state index is 13.1. The largest absolute Gasteiger partial charge is 0.378 e. The molecule has 2 aliphatic rings. The van der Waals surface area contributed by atoms with E-state index in [2.05, 4.69) is 30.7 Å². The van der Waals surface area contributed by atoms with Crippen molar-refractivity contribution in [1.29, 1.82) is 0 Å². The van der Waals surface area contributed by atoms with Crippen LogP contribution in [0.1, 0.15) is 29.6 Å². The van der Waals surface area contributed by atoms with Crippen molar-refractivity contribution in [2.75, 3.05) is 54.6 Å². The van der Waals surface area contributed by atoms with Gasteiger partial charge in [0.15, 0.2) is 0 Å². The number of carbonyl (C=O) groups is 1. The summed E-state index contributed by atoms with van der Waals surface area (Å²) >= 11 is 0. The van der Waals surface area contributed by atoms with Crippen molar-refractivity contribution in [3.63, 3.8) is 0 Å². The molecular formula is C19H24FN7O2. The summed E-state index contributed by atoms with van der Waals surface area (Å²) in [7, 11) is 0. The standard InChI is InChI=1S/C19H24FN7O2/c20-15-6-4-14(5-7-15)16(28)24-25-17-21-18(26-8-2-1-3-9-26)23-19(22-17)27-10-12-29-13-11-27/h4-7H,1-3,8-13H2,(H,24,28)(H,21,22,23,25). The Morgan fingerprint density at radius 3 is 2.17 bits per heavy atom. The van der Waals surface area contributed by atoms with Crippen molar-refractivity contribution in [3.05, 3.63) is 35.6 Å². The Hall–Kier alpha value is -3.01. The molecule has 2 fully saturated rings. The van der Waals surface area contributed by atoms with Crippen molar-refractivity contribution in [2.24, 2.45) is 0 Å². The highest BCUT2D eigenvalue weighted by molar-refractivity contribution is 5.94. The van der Waals surface area contributed by atoms with Crippen LogP contribution >= 0.6 is 0 Å². The van der Waals surface area contributed by atoms with Gasteiger partial charge in [0.1, 0.15) is 5.82 Å². The summed E-state index contributed by atoms with van der Waals surface area (Å²) in [5.41, 5.74) is 5.68. The molecule has 154 valence electrons. The molecule has 2 N–H and O–H groups in total. The number of aromatic nitrogens is 3. The lowest BCUT2D eigenvalue weighted by molar-refractivity contribution is 0.0962. The van der Waals surface area contributed by atoms with E-state index in [-0.39, 0.29) is 5.95 Å². The molecule has 2 aromatic rings. The van der Waals surface area contributed by atoms with Crippen LogP contribution in [-0.4, -0.2) is 60.3 Å². The number of rotatable bonds is 5. The van der Waals surface area contributed by atoms with E-state index in [1.54, 1.807) is 0 Å². The summed E-state index contributed by atoms with van der Waals surface area (Å²) in [6.07, 6.45) is 3.40. The van der Waals surface area contributed by atoms with Crippen LogP contribution in [0.4, 0.5) is 22.2 Å². The number of morpholine rings is 1. The smallest absolute Gasteiger partial charge is 0.269 e. The summed E-state index contributed by atoms with van der Waals surface area (Å²) in [6, 6.07) is 5.31. The Labute approximate surface area is 168 Å². The third kappa shape index (κ3) is 4.89. The first-order valence-corrected chi connectivity index (χ1v) is 9.85. The number of ether oxygens (including phenoxy) is 1. The van der Waals surface area contributed by atoms with Crippen LogP contribution in [0.5, 0.6) is 0 Å². The van der Waals surface area contributed by atoms with Gasteiger partial charge in [-0.3, -0.25) is 15.6 Å². The number of hydrogen-bond donors (Lipinski definition) is 2. The Bertz CT molecular complexity index is 801. The highest BCUT2D eigenvalue weighted by Gasteiger charge is 2.20. The van der Waals surface area contributed by atoms with Gasteiger partial charge in [-0.15, -0.1) is 0 Å². The highest BCUT2D eigenvalue weighted by Crippen LogP contribution is 2.20. The summed E-state index contributed by atoms with van der Waals surface area (Å²) in [5, 5.41) is 0. The number of anilines is 3. The van der Waals surface area contributed by atoms with Crippen LogP contribution in [0.25, 0.3) is 0 Å². The summed E-state index contributed by atoms with van der Waals surface area (Å²) < 4.78 is 18.5. The number of halogens is 1. The maximum Gasteiger partial charge on any atom is 0.269 e. The fourth-order valence-electron chi connectivity index (χ4n) is 3.34. The molecule has 4 rings (SSSR count). The summed E-state index contributed by atoms with van der Waals surface area (Å²) in [5.74, 6) is 0.616. The monoisotopic (exact) mass is 401 g/mol. The van der Waals surface area contributed by atoms with E-state index in [1.807, 2.05) is 4.90 Å². The highest BCUT2D eigenvalue weighted by atomic mass is 19.1. The molecule has 0 atom stereocenters. The maximum absolute atomic E-state index is 13.1. The van der Waals surface area contributed by atoms with Gasteiger partial charge >= 0.3 is 0 Å². The number of hydrazine groups is 1. The van der Waals surface area contributed by atoms with Crippen molar-refractivity contribution in [1.82, 2.24) is 20.4 Å². The fourth-order valence-corrected chi connectivity index (χ4v) is 3.34. The van der Waals surface area contributed by atoms with Gasteiger partial charge in [-0.2, -0.15) is 15.0 Å². The first-order valence-electron chi connectivity index (χ1n) is 9.85. The number of nitrogens with zero attached hydrogens (tertiary/aromatic N) is 5. The normalized spacial score (nSPS) is 17.1. The van der Waals surface area contributed by atoms with Crippen LogP contribution in [0, 0.1) is 5.82 Å². The van der Waals surface area contributed by atoms with Gasteiger partial charge in [-0.05, 0) is 43.5 Å². The minimum absolute atomic E-state index is 0.262. The minimum Gasteiger partial charge on any atom is -0.378 e. The van der Waals surface area contributed by atoms with Crippen LogP contribution in [-0.2, 0) is 4.74 Å². The van der Waals surface area contributed by atoms with Crippen molar-refractivity contribution in [2.45, 2.75) is 19.3 Å². The van der Waals surface area contributed by atoms with Crippen LogP contribution in [0.15, 0.2) is 24.3 Å². The lowest BCUT2D eigenvalue weighted by Gasteiger charge is -2.30. The van der Waals surface area contributed by atoms with Gasteiger partial charge in [0.05, 0.1) is 13.2 Å². The molecule has 2 aliphatic heterocycles. The molecule has 0 spiro atoms. The zero-order valence-corrected chi connectivity index (χ0v) is 16.1. The second-order valence-corrected chi connectivity index (χ2v) is 6.99.